The molecule has 0 amide bonds. The molecule has 1 aliphatic heterocycles. The smallest absolute Gasteiger partial charge is 0.363 e. The fourth-order valence-electron chi connectivity index (χ4n) is 3.12. The fraction of sp³-hybridized carbons (Fsp3) is 0.0417. The van der Waals surface area contributed by atoms with Crippen LogP contribution in [0.5, 0.6) is 5.75 Å². The normalized spacial score (nSPS) is 14.0. The first-order chi connectivity index (χ1) is 16.2. The van der Waals surface area contributed by atoms with E-state index in [1.54, 1.807) is 61.5 Å². The van der Waals surface area contributed by atoms with Crippen molar-refractivity contribution >= 4 is 61.5 Å². The van der Waals surface area contributed by atoms with Crippen molar-refractivity contribution in [3.63, 3.8) is 0 Å². The van der Waals surface area contributed by atoms with Crippen LogP contribution in [0.25, 0.3) is 6.08 Å². The van der Waals surface area contributed by atoms with E-state index in [0.717, 1.165) is 0 Å². The number of esters is 2. The highest BCUT2D eigenvalue weighted by molar-refractivity contribution is 9.11. The predicted octanol–water partition coefficient (Wildman–Crippen LogP) is 5.99. The minimum Gasteiger partial charge on any atom is -0.421 e. The second kappa shape index (κ2) is 9.70. The molecule has 0 fully saturated rings. The lowest BCUT2D eigenvalue weighted by Crippen LogP contribution is -2.09. The van der Waals surface area contributed by atoms with E-state index in [2.05, 4.69) is 36.9 Å². The van der Waals surface area contributed by atoms with Crippen LogP contribution in [0.1, 0.15) is 27.0 Å². The minimum atomic E-state index is -0.690. The van der Waals surface area contributed by atoms with Gasteiger partial charge in [0.15, 0.2) is 11.4 Å². The number of ether oxygens (including phenoxy) is 2. The van der Waals surface area contributed by atoms with Gasteiger partial charge in [-0.2, -0.15) is 0 Å². The third-order valence-electron chi connectivity index (χ3n) is 4.80. The van der Waals surface area contributed by atoms with Crippen molar-refractivity contribution in [2.24, 2.45) is 4.99 Å². The Bertz CT molecular complexity index is 1380. The minimum absolute atomic E-state index is 0.0195. The van der Waals surface area contributed by atoms with Crippen LogP contribution < -0.4 is 4.74 Å². The summed E-state index contributed by atoms with van der Waals surface area (Å²) < 4.78 is 11.7. The van der Waals surface area contributed by atoms with Gasteiger partial charge in [-0.1, -0.05) is 24.3 Å². The Morgan fingerprint density at radius 3 is 2.41 bits per heavy atom. The second-order valence-electron chi connectivity index (χ2n) is 7.16. The molecule has 170 valence electrons. The van der Waals surface area contributed by atoms with E-state index in [0.29, 0.717) is 31.2 Å². The standard InChI is InChI=1S/C24H14Br2N2O6/c1-13-7-8-16(12-20(13)28(31)32)22-27-19(24(30)34-22)11-14-9-17(25)21(18(26)10-14)33-23(29)15-5-3-2-4-6-15/h2-12H,1H3/b19-11-. The van der Waals surface area contributed by atoms with E-state index in [1.165, 1.54) is 12.1 Å². The van der Waals surface area contributed by atoms with Gasteiger partial charge in [-0.3, -0.25) is 10.1 Å². The van der Waals surface area contributed by atoms with Crippen molar-refractivity contribution in [2.45, 2.75) is 6.92 Å². The van der Waals surface area contributed by atoms with Gasteiger partial charge in [0.1, 0.15) is 0 Å². The van der Waals surface area contributed by atoms with Crippen LogP contribution >= 0.6 is 31.9 Å². The van der Waals surface area contributed by atoms with E-state index in [1.807, 2.05) is 0 Å². The van der Waals surface area contributed by atoms with Crippen LogP contribution in [0.4, 0.5) is 5.69 Å². The molecule has 0 spiro atoms. The first kappa shape index (κ1) is 23.5. The Balaban J connectivity index is 1.61. The summed E-state index contributed by atoms with van der Waals surface area (Å²) >= 11 is 6.78. The summed E-state index contributed by atoms with van der Waals surface area (Å²) in [6, 6.07) is 16.3. The SMILES string of the molecule is Cc1ccc(C2=N/C(=C\c3cc(Br)c(OC(=O)c4ccccc4)c(Br)c3)C(=O)O2)cc1[N+](=O)[O-]. The van der Waals surface area contributed by atoms with E-state index >= 15 is 0 Å². The maximum absolute atomic E-state index is 12.4. The average Bonchev–Trinajstić information content (AvgIpc) is 3.16. The molecule has 8 nitrogen and oxygen atoms in total. The molecule has 1 heterocycles. The third-order valence-corrected chi connectivity index (χ3v) is 5.98. The van der Waals surface area contributed by atoms with Crippen LogP contribution in [0.2, 0.25) is 0 Å². The molecule has 0 aromatic heterocycles. The number of nitrogens with zero attached hydrogens (tertiary/aromatic N) is 2. The molecule has 0 N–H and O–H groups in total. The molecule has 34 heavy (non-hydrogen) atoms. The quantitative estimate of drug-likeness (QED) is 0.120. The summed E-state index contributed by atoms with van der Waals surface area (Å²) in [5.41, 5.74) is 1.70. The third kappa shape index (κ3) is 4.97. The van der Waals surface area contributed by atoms with Crippen LogP contribution in [0, 0.1) is 17.0 Å². The second-order valence-corrected chi connectivity index (χ2v) is 8.87. The molecular weight excluding hydrogens is 572 g/mol. The van der Waals surface area contributed by atoms with Crippen molar-refractivity contribution in [3.05, 3.63) is 108 Å². The number of nitro groups is 1. The van der Waals surface area contributed by atoms with Gasteiger partial charge in [0.25, 0.3) is 5.69 Å². The number of aryl methyl sites for hydroxylation is 1. The molecule has 0 aliphatic carbocycles. The maximum atomic E-state index is 12.4. The van der Waals surface area contributed by atoms with Crippen molar-refractivity contribution in [3.8, 4) is 5.75 Å². The zero-order valence-electron chi connectivity index (χ0n) is 17.5. The summed E-state index contributed by atoms with van der Waals surface area (Å²) in [5, 5.41) is 11.2. The lowest BCUT2D eigenvalue weighted by Gasteiger charge is -2.10. The number of halogens is 2. The van der Waals surface area contributed by atoms with Crippen LogP contribution in [0.15, 0.2) is 80.3 Å². The van der Waals surface area contributed by atoms with E-state index in [9.17, 15) is 19.7 Å². The highest BCUT2D eigenvalue weighted by Crippen LogP contribution is 2.36. The molecular formula is C24H14Br2N2O6. The van der Waals surface area contributed by atoms with Crippen molar-refractivity contribution < 1.29 is 24.0 Å². The van der Waals surface area contributed by atoms with Gasteiger partial charge >= 0.3 is 11.9 Å². The van der Waals surface area contributed by atoms with Crippen molar-refractivity contribution in [1.29, 1.82) is 0 Å². The van der Waals surface area contributed by atoms with Crippen LogP contribution in [-0.2, 0) is 9.53 Å². The molecule has 0 bridgehead atoms. The van der Waals surface area contributed by atoms with Gasteiger partial charge < -0.3 is 9.47 Å². The zero-order valence-corrected chi connectivity index (χ0v) is 20.6. The van der Waals surface area contributed by atoms with Crippen molar-refractivity contribution in [1.82, 2.24) is 0 Å². The van der Waals surface area contributed by atoms with Crippen LogP contribution in [0.3, 0.4) is 0 Å². The summed E-state index contributed by atoms with van der Waals surface area (Å²) in [5.74, 6) is -0.953. The molecule has 0 atom stereocenters. The molecule has 10 heteroatoms. The zero-order chi connectivity index (χ0) is 24.4. The van der Waals surface area contributed by atoms with Gasteiger partial charge in [0, 0.05) is 17.2 Å². The van der Waals surface area contributed by atoms with E-state index < -0.39 is 16.9 Å². The summed E-state index contributed by atoms with van der Waals surface area (Å²) in [6.45, 7) is 1.62. The average molecular weight is 586 g/mol. The number of carbonyl (C=O) groups excluding carboxylic acids is 2. The Kier molecular flexibility index (Phi) is 6.71. The largest absolute Gasteiger partial charge is 0.421 e. The van der Waals surface area contributed by atoms with Gasteiger partial charge in [0.2, 0.25) is 5.90 Å². The highest BCUT2D eigenvalue weighted by atomic mass is 79.9. The Hall–Kier alpha value is -3.63. The fourth-order valence-corrected chi connectivity index (χ4v) is 4.50. The number of aliphatic imine (C=N–C) groups is 1. The Morgan fingerprint density at radius 1 is 1.09 bits per heavy atom. The van der Waals surface area contributed by atoms with Gasteiger partial charge in [0.05, 0.1) is 19.4 Å². The lowest BCUT2D eigenvalue weighted by atomic mass is 10.1. The number of benzene rings is 3. The molecule has 3 aromatic rings. The summed E-state index contributed by atoms with van der Waals surface area (Å²) in [6.07, 6.45) is 1.50. The Morgan fingerprint density at radius 2 is 1.76 bits per heavy atom. The summed E-state index contributed by atoms with van der Waals surface area (Å²) in [7, 11) is 0. The molecule has 0 saturated carbocycles. The first-order valence-electron chi connectivity index (χ1n) is 9.77. The number of cyclic esters (lactones) is 1. The predicted molar refractivity (Wildman–Crippen MR) is 132 cm³/mol. The molecule has 3 aromatic carbocycles. The van der Waals surface area contributed by atoms with E-state index in [4.69, 9.17) is 9.47 Å². The first-order valence-corrected chi connectivity index (χ1v) is 11.4. The van der Waals surface area contributed by atoms with Gasteiger partial charge in [-0.15, -0.1) is 0 Å². The number of carbonyl (C=O) groups is 2. The monoisotopic (exact) mass is 584 g/mol. The number of hydrogen-bond donors (Lipinski definition) is 0. The lowest BCUT2D eigenvalue weighted by molar-refractivity contribution is -0.385. The number of nitro benzene ring substituents is 1. The van der Waals surface area contributed by atoms with Gasteiger partial charge in [-0.25, -0.2) is 14.6 Å². The van der Waals surface area contributed by atoms with Crippen molar-refractivity contribution in [2.75, 3.05) is 0 Å². The molecule has 4 rings (SSSR count). The number of rotatable bonds is 5. The molecule has 0 saturated heterocycles. The highest BCUT2D eigenvalue weighted by Gasteiger charge is 2.26. The summed E-state index contributed by atoms with van der Waals surface area (Å²) in [4.78, 5) is 39.6. The van der Waals surface area contributed by atoms with Gasteiger partial charge in [-0.05, 0) is 80.8 Å². The Labute approximate surface area is 210 Å². The maximum Gasteiger partial charge on any atom is 0.363 e. The molecule has 1 aliphatic rings. The molecule has 0 unspecified atom stereocenters. The topological polar surface area (TPSA) is 108 Å². The van der Waals surface area contributed by atoms with E-state index in [-0.39, 0.29) is 23.0 Å². The molecule has 0 radical (unpaired) electrons. The number of hydrogen-bond acceptors (Lipinski definition) is 7. The van der Waals surface area contributed by atoms with Crippen LogP contribution in [-0.4, -0.2) is 22.8 Å².